The molecule has 1 aliphatic heterocycles. The van der Waals surface area contributed by atoms with E-state index in [2.05, 4.69) is 5.32 Å². The van der Waals surface area contributed by atoms with Crippen molar-refractivity contribution >= 4 is 0 Å². The van der Waals surface area contributed by atoms with Gasteiger partial charge in [-0.25, -0.2) is 4.39 Å². The molecule has 1 rings (SSSR count). The minimum absolute atomic E-state index is 0.102. The van der Waals surface area contributed by atoms with Gasteiger partial charge in [0.05, 0.1) is 12.5 Å². The summed E-state index contributed by atoms with van der Waals surface area (Å²) in [4.78, 5) is 0. The third kappa shape index (κ3) is 1.65. The fourth-order valence-corrected chi connectivity index (χ4v) is 1.04. The van der Waals surface area contributed by atoms with E-state index in [0.29, 0.717) is 19.4 Å². The predicted molar refractivity (Wildman–Crippen MR) is 31.5 cm³/mol. The van der Waals surface area contributed by atoms with Crippen LogP contribution in [-0.4, -0.2) is 18.8 Å². The van der Waals surface area contributed by atoms with Crippen LogP contribution >= 0.6 is 0 Å². The second kappa shape index (κ2) is 2.79. The Bertz CT molecular complexity index is 130. The predicted octanol–water partition coefficient (Wildman–Crippen LogP) is 0.600. The van der Waals surface area contributed by atoms with Crippen molar-refractivity contribution in [2.24, 2.45) is 0 Å². The van der Waals surface area contributed by atoms with E-state index in [9.17, 15) is 4.39 Å². The fourth-order valence-electron chi connectivity index (χ4n) is 1.04. The Hall–Kier alpha value is -0.620. The molecule has 0 aromatic rings. The monoisotopic (exact) mass is 128 g/mol. The number of halogens is 1. The van der Waals surface area contributed by atoms with Gasteiger partial charge in [0.1, 0.15) is 6.17 Å². The third-order valence-corrected chi connectivity index (χ3v) is 1.51. The third-order valence-electron chi connectivity index (χ3n) is 1.51. The number of nitriles is 1. The summed E-state index contributed by atoms with van der Waals surface area (Å²) in [6, 6.07) is 2.10. The number of rotatable bonds is 1. The van der Waals surface area contributed by atoms with E-state index < -0.39 is 6.17 Å². The maximum atomic E-state index is 12.3. The highest BCUT2D eigenvalue weighted by Crippen LogP contribution is 2.11. The maximum Gasteiger partial charge on any atom is 0.114 e. The molecule has 1 heterocycles. The van der Waals surface area contributed by atoms with E-state index in [0.717, 1.165) is 0 Å². The quantitative estimate of drug-likeness (QED) is 0.561. The van der Waals surface area contributed by atoms with Gasteiger partial charge >= 0.3 is 0 Å². The molecular formula is C6H9FN2. The first-order valence-electron chi connectivity index (χ1n) is 3.07. The summed E-state index contributed by atoms with van der Waals surface area (Å²) in [7, 11) is 0. The minimum Gasteiger partial charge on any atom is -0.310 e. The molecule has 1 N–H and O–H groups in total. The van der Waals surface area contributed by atoms with Crippen LogP contribution < -0.4 is 5.32 Å². The minimum atomic E-state index is -0.733. The van der Waals surface area contributed by atoms with Crippen molar-refractivity contribution in [3.8, 4) is 6.07 Å². The zero-order chi connectivity index (χ0) is 6.69. The molecule has 0 aromatic heterocycles. The SMILES string of the molecule is N#CC[C@@H]1C[C@@H](F)CN1. The van der Waals surface area contributed by atoms with Crippen molar-refractivity contribution in [3.05, 3.63) is 0 Å². The summed E-state index contributed by atoms with van der Waals surface area (Å²) in [5, 5.41) is 11.1. The summed E-state index contributed by atoms with van der Waals surface area (Å²) >= 11 is 0. The van der Waals surface area contributed by atoms with Crippen LogP contribution in [0.3, 0.4) is 0 Å². The summed E-state index contributed by atoms with van der Waals surface area (Å²) in [5.41, 5.74) is 0. The van der Waals surface area contributed by atoms with Gasteiger partial charge in [0.15, 0.2) is 0 Å². The van der Waals surface area contributed by atoms with Gasteiger partial charge in [-0.2, -0.15) is 5.26 Å². The molecule has 1 saturated heterocycles. The molecule has 0 unspecified atom stereocenters. The molecule has 0 aromatic carbocycles. The average molecular weight is 128 g/mol. The molecule has 50 valence electrons. The lowest BCUT2D eigenvalue weighted by Crippen LogP contribution is -2.20. The first kappa shape index (κ1) is 6.50. The van der Waals surface area contributed by atoms with Crippen LogP contribution in [0.25, 0.3) is 0 Å². The van der Waals surface area contributed by atoms with Crippen LogP contribution in [-0.2, 0) is 0 Å². The van der Waals surface area contributed by atoms with Crippen LogP contribution in [0.15, 0.2) is 0 Å². The van der Waals surface area contributed by atoms with Gasteiger partial charge in [-0.15, -0.1) is 0 Å². The average Bonchev–Trinajstić information content (AvgIpc) is 2.17. The van der Waals surface area contributed by atoms with Crippen molar-refractivity contribution in [2.75, 3.05) is 6.54 Å². The van der Waals surface area contributed by atoms with E-state index in [1.807, 2.05) is 6.07 Å². The van der Waals surface area contributed by atoms with E-state index in [1.54, 1.807) is 0 Å². The lowest BCUT2D eigenvalue weighted by atomic mass is 10.2. The van der Waals surface area contributed by atoms with Crippen LogP contribution in [0.2, 0.25) is 0 Å². The Morgan fingerprint density at radius 2 is 2.56 bits per heavy atom. The van der Waals surface area contributed by atoms with Crippen LogP contribution in [0, 0.1) is 11.3 Å². The zero-order valence-corrected chi connectivity index (χ0v) is 5.10. The molecule has 1 fully saturated rings. The second-order valence-electron chi connectivity index (χ2n) is 2.30. The molecule has 2 atom stereocenters. The van der Waals surface area contributed by atoms with Crippen LogP contribution in [0.1, 0.15) is 12.8 Å². The van der Waals surface area contributed by atoms with Crippen molar-refractivity contribution in [1.29, 1.82) is 5.26 Å². The number of hydrogen-bond acceptors (Lipinski definition) is 2. The Balaban J connectivity index is 2.24. The molecule has 0 spiro atoms. The van der Waals surface area contributed by atoms with Gasteiger partial charge in [0.25, 0.3) is 0 Å². The van der Waals surface area contributed by atoms with Crippen molar-refractivity contribution in [3.63, 3.8) is 0 Å². The molecule has 0 radical (unpaired) electrons. The number of nitrogens with one attached hydrogen (secondary N) is 1. The molecule has 1 aliphatic rings. The highest BCUT2D eigenvalue weighted by atomic mass is 19.1. The molecule has 9 heavy (non-hydrogen) atoms. The zero-order valence-electron chi connectivity index (χ0n) is 5.10. The molecule has 0 saturated carbocycles. The Labute approximate surface area is 53.7 Å². The van der Waals surface area contributed by atoms with Gasteiger partial charge in [0.2, 0.25) is 0 Å². The Morgan fingerprint density at radius 3 is 3.00 bits per heavy atom. The van der Waals surface area contributed by atoms with E-state index >= 15 is 0 Å². The first-order valence-corrected chi connectivity index (χ1v) is 3.07. The topological polar surface area (TPSA) is 35.8 Å². The van der Waals surface area contributed by atoms with Crippen molar-refractivity contribution in [1.82, 2.24) is 5.32 Å². The lowest BCUT2D eigenvalue weighted by Gasteiger charge is -2.00. The smallest absolute Gasteiger partial charge is 0.114 e. The summed E-state index contributed by atoms with van der Waals surface area (Å²) < 4.78 is 12.3. The number of hydrogen-bond donors (Lipinski definition) is 1. The fraction of sp³-hybridized carbons (Fsp3) is 0.833. The van der Waals surface area contributed by atoms with Gasteiger partial charge in [-0.05, 0) is 6.42 Å². The maximum absolute atomic E-state index is 12.3. The van der Waals surface area contributed by atoms with Crippen LogP contribution in [0.5, 0.6) is 0 Å². The summed E-state index contributed by atoms with van der Waals surface area (Å²) in [6.07, 6.45) is 0.205. The van der Waals surface area contributed by atoms with Gasteiger partial charge in [-0.1, -0.05) is 0 Å². The largest absolute Gasteiger partial charge is 0.310 e. The number of nitrogens with zero attached hydrogens (tertiary/aromatic N) is 1. The molecule has 3 heteroatoms. The molecule has 0 bridgehead atoms. The Kier molecular flexibility index (Phi) is 2.01. The first-order chi connectivity index (χ1) is 4.33. The molecule has 0 amide bonds. The van der Waals surface area contributed by atoms with Gasteiger partial charge < -0.3 is 5.32 Å². The standard InChI is InChI=1S/C6H9FN2/c7-5-3-6(1-2-8)9-4-5/h5-6,9H,1,3-4H2/t5-,6-/m1/s1. The van der Waals surface area contributed by atoms with Crippen molar-refractivity contribution < 1.29 is 4.39 Å². The number of alkyl halides is 1. The Morgan fingerprint density at radius 1 is 1.78 bits per heavy atom. The molecular weight excluding hydrogens is 119 g/mol. The lowest BCUT2D eigenvalue weighted by molar-refractivity contribution is 0.355. The van der Waals surface area contributed by atoms with Crippen molar-refractivity contribution in [2.45, 2.75) is 25.1 Å². The van der Waals surface area contributed by atoms with E-state index in [1.165, 1.54) is 0 Å². The van der Waals surface area contributed by atoms with Gasteiger partial charge in [0, 0.05) is 12.6 Å². The normalized spacial score (nSPS) is 34.2. The second-order valence-corrected chi connectivity index (χ2v) is 2.30. The summed E-state index contributed by atoms with van der Waals surface area (Å²) in [5.74, 6) is 0. The van der Waals surface area contributed by atoms with E-state index in [4.69, 9.17) is 5.26 Å². The molecule has 2 nitrogen and oxygen atoms in total. The van der Waals surface area contributed by atoms with E-state index in [-0.39, 0.29) is 6.04 Å². The highest BCUT2D eigenvalue weighted by Gasteiger charge is 2.22. The highest BCUT2D eigenvalue weighted by molar-refractivity contribution is 4.88. The van der Waals surface area contributed by atoms with Crippen LogP contribution in [0.4, 0.5) is 4.39 Å². The summed E-state index contributed by atoms with van der Waals surface area (Å²) in [6.45, 7) is 0.423. The van der Waals surface area contributed by atoms with Gasteiger partial charge in [-0.3, -0.25) is 0 Å². The molecule has 0 aliphatic carbocycles.